The number of nitrogens with zero attached hydrogens (tertiary/aromatic N) is 1. The summed E-state index contributed by atoms with van der Waals surface area (Å²) in [6.07, 6.45) is 1.68. The highest BCUT2D eigenvalue weighted by Crippen LogP contribution is 2.34. The van der Waals surface area contributed by atoms with Crippen molar-refractivity contribution in [1.82, 2.24) is 4.98 Å². The van der Waals surface area contributed by atoms with Gasteiger partial charge in [-0.3, -0.25) is 4.98 Å². The van der Waals surface area contributed by atoms with Crippen LogP contribution in [0, 0.1) is 0 Å². The molecule has 0 aliphatic carbocycles. The van der Waals surface area contributed by atoms with Gasteiger partial charge in [-0.15, -0.1) is 0 Å². The molecule has 4 rings (SSSR count). The predicted molar refractivity (Wildman–Crippen MR) is 103 cm³/mol. The van der Waals surface area contributed by atoms with E-state index in [2.05, 4.69) is 4.98 Å². The Hall–Kier alpha value is -2.47. The van der Waals surface area contributed by atoms with Crippen molar-refractivity contribution in [2.75, 3.05) is 26.3 Å². The molecule has 27 heavy (non-hydrogen) atoms. The van der Waals surface area contributed by atoms with E-state index in [1.165, 1.54) is 4.90 Å². The van der Waals surface area contributed by atoms with Crippen molar-refractivity contribution in [3.05, 3.63) is 70.9 Å². The second kappa shape index (κ2) is 8.05. The van der Waals surface area contributed by atoms with E-state index in [4.69, 9.17) is 21.1 Å². The van der Waals surface area contributed by atoms with Gasteiger partial charge in [-0.25, -0.2) is 4.79 Å². The van der Waals surface area contributed by atoms with E-state index in [1.54, 1.807) is 18.3 Å². The molecule has 1 saturated heterocycles. The van der Waals surface area contributed by atoms with Crippen LogP contribution in [-0.2, 0) is 11.3 Å². The van der Waals surface area contributed by atoms with Crippen LogP contribution < -0.4 is 9.64 Å². The molecule has 1 aromatic heterocycles. The number of quaternary nitrogens is 1. The molecule has 5 nitrogen and oxygen atoms in total. The van der Waals surface area contributed by atoms with E-state index in [9.17, 15) is 4.79 Å². The van der Waals surface area contributed by atoms with E-state index in [-0.39, 0.29) is 0 Å². The molecule has 0 radical (unpaired) electrons. The van der Waals surface area contributed by atoms with Crippen LogP contribution in [0.5, 0.6) is 5.75 Å². The van der Waals surface area contributed by atoms with Gasteiger partial charge in [0.15, 0.2) is 5.75 Å². The van der Waals surface area contributed by atoms with Crippen LogP contribution in [0.1, 0.15) is 15.9 Å². The number of benzene rings is 2. The molecule has 1 N–H and O–H groups in total. The van der Waals surface area contributed by atoms with Crippen LogP contribution in [0.25, 0.3) is 10.9 Å². The minimum Gasteiger partial charge on any atom is -0.420 e. The molecule has 0 amide bonds. The molecule has 0 unspecified atom stereocenters. The fourth-order valence-electron chi connectivity index (χ4n) is 3.30. The smallest absolute Gasteiger partial charge is 0.343 e. The Morgan fingerprint density at radius 2 is 1.93 bits per heavy atom. The number of nitrogens with one attached hydrogen (secondary N) is 1. The maximum Gasteiger partial charge on any atom is 0.343 e. The fourth-order valence-corrected chi connectivity index (χ4v) is 3.59. The number of carbonyl (C=O) groups is 1. The van der Waals surface area contributed by atoms with Crippen molar-refractivity contribution < 1.29 is 19.2 Å². The lowest BCUT2D eigenvalue weighted by molar-refractivity contribution is -0.921. The SMILES string of the molecule is O=C(Oc1c(C[NH+]2CCOCC2)cc(Cl)c2cccnc12)c1ccccc1. The second-order valence-electron chi connectivity index (χ2n) is 6.54. The van der Waals surface area contributed by atoms with Gasteiger partial charge < -0.3 is 14.4 Å². The maximum atomic E-state index is 12.7. The minimum absolute atomic E-state index is 0.400. The van der Waals surface area contributed by atoms with Gasteiger partial charge in [-0.2, -0.15) is 0 Å². The summed E-state index contributed by atoms with van der Waals surface area (Å²) in [7, 11) is 0. The van der Waals surface area contributed by atoms with Gasteiger partial charge in [-0.1, -0.05) is 29.8 Å². The molecule has 0 bridgehead atoms. The molecule has 138 valence electrons. The summed E-state index contributed by atoms with van der Waals surface area (Å²) in [5, 5.41) is 1.39. The van der Waals surface area contributed by atoms with Gasteiger partial charge >= 0.3 is 5.97 Å². The lowest BCUT2D eigenvalue weighted by Gasteiger charge is -2.25. The van der Waals surface area contributed by atoms with Gasteiger partial charge in [-0.05, 0) is 30.3 Å². The Morgan fingerprint density at radius 1 is 1.15 bits per heavy atom. The number of pyridine rings is 1. The number of hydrogen-bond acceptors (Lipinski definition) is 4. The summed E-state index contributed by atoms with van der Waals surface area (Å²) in [4.78, 5) is 18.5. The number of carbonyl (C=O) groups excluding carboxylic acids is 1. The summed E-state index contributed by atoms with van der Waals surface area (Å²) in [5.41, 5.74) is 1.99. The number of rotatable bonds is 4. The Morgan fingerprint density at radius 3 is 2.70 bits per heavy atom. The van der Waals surface area contributed by atoms with Crippen molar-refractivity contribution in [2.45, 2.75) is 6.54 Å². The second-order valence-corrected chi connectivity index (χ2v) is 6.95. The number of ether oxygens (including phenoxy) is 2. The summed E-state index contributed by atoms with van der Waals surface area (Å²) in [6, 6.07) is 14.6. The number of fused-ring (bicyclic) bond motifs is 1. The molecule has 0 saturated carbocycles. The number of esters is 1. The van der Waals surface area contributed by atoms with Crippen molar-refractivity contribution in [1.29, 1.82) is 0 Å². The van der Waals surface area contributed by atoms with Crippen molar-refractivity contribution >= 4 is 28.5 Å². The first kappa shape index (κ1) is 17.9. The predicted octanol–water partition coefficient (Wildman–Crippen LogP) is 2.52. The van der Waals surface area contributed by atoms with Crippen LogP contribution in [0.2, 0.25) is 5.02 Å². The van der Waals surface area contributed by atoms with Gasteiger partial charge in [0.2, 0.25) is 0 Å². The first-order valence-corrected chi connectivity index (χ1v) is 9.35. The number of morpholine rings is 1. The Labute approximate surface area is 162 Å². The first-order chi connectivity index (χ1) is 13.2. The average molecular weight is 384 g/mol. The largest absolute Gasteiger partial charge is 0.420 e. The van der Waals surface area contributed by atoms with Crippen molar-refractivity contribution in [2.24, 2.45) is 0 Å². The topological polar surface area (TPSA) is 52.9 Å². The summed E-state index contributed by atoms with van der Waals surface area (Å²) in [6.45, 7) is 3.98. The lowest BCUT2D eigenvalue weighted by Crippen LogP contribution is -3.12. The first-order valence-electron chi connectivity index (χ1n) is 8.97. The van der Waals surface area contributed by atoms with Gasteiger partial charge in [0.05, 0.1) is 29.4 Å². The number of halogens is 1. The summed E-state index contributed by atoms with van der Waals surface area (Å²) >= 11 is 6.49. The molecule has 3 aromatic rings. The van der Waals surface area contributed by atoms with E-state index in [0.717, 1.165) is 37.3 Å². The third kappa shape index (κ3) is 3.95. The Balaban J connectivity index is 1.74. The van der Waals surface area contributed by atoms with Crippen LogP contribution in [0.4, 0.5) is 0 Å². The molecule has 0 spiro atoms. The molecule has 1 aliphatic heterocycles. The van der Waals surface area contributed by atoms with Crippen LogP contribution in [0.15, 0.2) is 54.7 Å². The Bertz CT molecular complexity index is 956. The van der Waals surface area contributed by atoms with E-state index in [0.29, 0.717) is 28.4 Å². The van der Waals surface area contributed by atoms with Gasteiger partial charge in [0.25, 0.3) is 0 Å². The van der Waals surface area contributed by atoms with Crippen molar-refractivity contribution in [3.63, 3.8) is 0 Å². The van der Waals surface area contributed by atoms with E-state index in [1.807, 2.05) is 36.4 Å². The molecule has 1 aliphatic rings. The summed E-state index contributed by atoms with van der Waals surface area (Å²) < 4.78 is 11.3. The highest BCUT2D eigenvalue weighted by atomic mass is 35.5. The zero-order chi connectivity index (χ0) is 18.6. The molecule has 2 heterocycles. The molecule has 2 aromatic carbocycles. The van der Waals surface area contributed by atoms with Crippen LogP contribution in [-0.4, -0.2) is 37.3 Å². The molecular weight excluding hydrogens is 364 g/mol. The van der Waals surface area contributed by atoms with Gasteiger partial charge in [0, 0.05) is 11.6 Å². The Kier molecular flexibility index (Phi) is 5.34. The lowest BCUT2D eigenvalue weighted by atomic mass is 10.1. The zero-order valence-corrected chi connectivity index (χ0v) is 15.5. The third-order valence-electron chi connectivity index (χ3n) is 4.72. The normalized spacial score (nSPS) is 15.0. The van der Waals surface area contributed by atoms with Crippen LogP contribution >= 0.6 is 11.6 Å². The molecule has 1 fully saturated rings. The number of hydrogen-bond donors (Lipinski definition) is 1. The van der Waals surface area contributed by atoms with E-state index >= 15 is 0 Å². The zero-order valence-electron chi connectivity index (χ0n) is 14.8. The fraction of sp³-hybridized carbons (Fsp3) is 0.238. The monoisotopic (exact) mass is 383 g/mol. The average Bonchev–Trinajstić information content (AvgIpc) is 2.72. The molecular formula is C21H20ClN2O3+. The highest BCUT2D eigenvalue weighted by molar-refractivity contribution is 6.35. The number of aromatic nitrogens is 1. The standard InChI is InChI=1S/C21H19ClN2O3/c22-18-13-16(14-24-9-11-26-12-10-24)20(19-17(18)7-4-8-23-19)27-21(25)15-5-2-1-3-6-15/h1-8,13H,9-12,14H2/p+1. The molecule has 6 heteroatoms. The quantitative estimate of drug-likeness (QED) is 0.555. The van der Waals surface area contributed by atoms with Gasteiger partial charge in [0.1, 0.15) is 25.2 Å². The highest BCUT2D eigenvalue weighted by Gasteiger charge is 2.22. The van der Waals surface area contributed by atoms with E-state index < -0.39 is 5.97 Å². The third-order valence-corrected chi connectivity index (χ3v) is 5.03. The maximum absolute atomic E-state index is 12.7. The van der Waals surface area contributed by atoms with Crippen LogP contribution in [0.3, 0.4) is 0 Å². The minimum atomic E-state index is -0.400. The molecule has 0 atom stereocenters. The summed E-state index contributed by atoms with van der Waals surface area (Å²) in [5.74, 6) is 0.0888. The van der Waals surface area contributed by atoms with Crippen molar-refractivity contribution in [3.8, 4) is 5.75 Å².